The summed E-state index contributed by atoms with van der Waals surface area (Å²) in [6.45, 7) is 3.83. The van der Waals surface area contributed by atoms with Crippen LogP contribution in [0, 0.1) is 13.8 Å². The fraction of sp³-hybridized carbons (Fsp3) is 0.182. The molecule has 4 rings (SSSR count). The average molecular weight is 532 g/mol. The van der Waals surface area contributed by atoms with Gasteiger partial charge in [-0.05, 0) is 62.4 Å². The summed E-state index contributed by atoms with van der Waals surface area (Å²) >= 11 is 2.53. The molecule has 4 aromatic rings. The topological polar surface area (TPSA) is 136 Å². The Labute approximate surface area is 210 Å². The van der Waals surface area contributed by atoms with Crippen molar-refractivity contribution in [2.24, 2.45) is 0 Å². The number of sulfonamides is 1. The summed E-state index contributed by atoms with van der Waals surface area (Å²) in [5, 5.41) is 11.5. The summed E-state index contributed by atoms with van der Waals surface area (Å²) in [7, 11) is -2.24. The van der Waals surface area contributed by atoms with Gasteiger partial charge >= 0.3 is 0 Å². The van der Waals surface area contributed by atoms with E-state index in [1.807, 2.05) is 13.8 Å². The molecule has 2 heterocycles. The maximum Gasteiger partial charge on any atom is 0.277 e. The number of nitrogens with one attached hydrogen (secondary N) is 2. The lowest BCUT2D eigenvalue weighted by Gasteiger charge is -2.09. The van der Waals surface area contributed by atoms with Gasteiger partial charge < -0.3 is 14.5 Å². The molecule has 0 bridgehead atoms. The normalized spacial score (nSPS) is 11.3. The van der Waals surface area contributed by atoms with Crippen LogP contribution in [0.3, 0.4) is 0 Å². The largest absolute Gasteiger partial charge is 0.497 e. The SMILES string of the molecule is COc1ccc(S(=O)(=O)Nc2ccc(-c3nnc(SCC(=O)Nc4nc(C)c(C)s4)o3)cc2)cc1. The number of anilines is 2. The Morgan fingerprint density at radius 2 is 1.80 bits per heavy atom. The molecule has 13 heteroatoms. The van der Waals surface area contributed by atoms with Crippen LogP contribution < -0.4 is 14.8 Å². The number of amides is 1. The molecule has 2 N–H and O–H groups in total. The molecule has 0 saturated carbocycles. The van der Waals surface area contributed by atoms with Crippen molar-refractivity contribution in [3.63, 3.8) is 0 Å². The molecule has 0 radical (unpaired) electrons. The maximum absolute atomic E-state index is 12.6. The second-order valence-corrected chi connectivity index (χ2v) is 11.0. The molecule has 0 saturated heterocycles. The van der Waals surface area contributed by atoms with Crippen LogP contribution in [0.1, 0.15) is 10.6 Å². The third kappa shape index (κ3) is 6.18. The van der Waals surface area contributed by atoms with Crippen molar-refractivity contribution in [2.45, 2.75) is 24.0 Å². The third-order valence-electron chi connectivity index (χ3n) is 4.76. The van der Waals surface area contributed by atoms with Crippen molar-refractivity contribution in [3.05, 3.63) is 59.1 Å². The summed E-state index contributed by atoms with van der Waals surface area (Å²) in [6.07, 6.45) is 0. The molecule has 0 spiro atoms. The van der Waals surface area contributed by atoms with Gasteiger partial charge in [-0.2, -0.15) is 0 Å². The van der Waals surface area contributed by atoms with Crippen LogP contribution in [0.5, 0.6) is 5.75 Å². The predicted molar refractivity (Wildman–Crippen MR) is 134 cm³/mol. The quantitative estimate of drug-likeness (QED) is 0.302. The van der Waals surface area contributed by atoms with E-state index in [-0.39, 0.29) is 27.7 Å². The first-order chi connectivity index (χ1) is 16.7. The van der Waals surface area contributed by atoms with Crippen LogP contribution in [-0.2, 0) is 14.8 Å². The zero-order valence-electron chi connectivity index (χ0n) is 18.9. The van der Waals surface area contributed by atoms with Crippen LogP contribution in [0.15, 0.2) is 63.1 Å². The molecule has 0 unspecified atom stereocenters. The highest BCUT2D eigenvalue weighted by atomic mass is 32.2. The van der Waals surface area contributed by atoms with Gasteiger partial charge in [-0.3, -0.25) is 9.52 Å². The van der Waals surface area contributed by atoms with E-state index in [1.54, 1.807) is 36.4 Å². The number of hydrogen-bond acceptors (Lipinski definition) is 10. The lowest BCUT2D eigenvalue weighted by Crippen LogP contribution is -2.13. The maximum atomic E-state index is 12.6. The lowest BCUT2D eigenvalue weighted by molar-refractivity contribution is -0.113. The smallest absolute Gasteiger partial charge is 0.277 e. The number of carbonyl (C=O) groups is 1. The molecule has 35 heavy (non-hydrogen) atoms. The Bertz CT molecular complexity index is 1410. The average Bonchev–Trinajstić information content (AvgIpc) is 3.44. The van der Waals surface area contributed by atoms with Crippen molar-refractivity contribution in [3.8, 4) is 17.2 Å². The molecule has 1 amide bonds. The molecule has 0 atom stereocenters. The van der Waals surface area contributed by atoms with Gasteiger partial charge in [0.05, 0.1) is 23.5 Å². The zero-order valence-corrected chi connectivity index (χ0v) is 21.4. The Hall–Kier alpha value is -3.42. The van der Waals surface area contributed by atoms with Gasteiger partial charge in [0.2, 0.25) is 11.8 Å². The number of benzene rings is 2. The van der Waals surface area contributed by atoms with Gasteiger partial charge in [-0.15, -0.1) is 21.5 Å². The van der Waals surface area contributed by atoms with Gasteiger partial charge in [0.1, 0.15) is 5.75 Å². The van der Waals surface area contributed by atoms with E-state index in [0.29, 0.717) is 22.1 Å². The molecule has 0 aliphatic rings. The van der Waals surface area contributed by atoms with Crippen LogP contribution in [0.4, 0.5) is 10.8 Å². The number of methoxy groups -OCH3 is 1. The number of hydrogen-bond donors (Lipinski definition) is 2. The van der Waals surface area contributed by atoms with Crippen molar-refractivity contribution in [1.29, 1.82) is 0 Å². The summed E-state index contributed by atoms with van der Waals surface area (Å²) in [6, 6.07) is 12.6. The predicted octanol–water partition coefficient (Wildman–Crippen LogP) is 4.35. The van der Waals surface area contributed by atoms with Crippen molar-refractivity contribution < 1.29 is 22.4 Å². The number of aryl methyl sites for hydroxylation is 2. The van der Waals surface area contributed by atoms with Gasteiger partial charge in [0.15, 0.2) is 5.13 Å². The van der Waals surface area contributed by atoms with E-state index in [1.165, 1.54) is 30.6 Å². The van der Waals surface area contributed by atoms with Crippen LogP contribution in [0.2, 0.25) is 0 Å². The van der Waals surface area contributed by atoms with E-state index >= 15 is 0 Å². The summed E-state index contributed by atoms with van der Waals surface area (Å²) in [4.78, 5) is 17.6. The molecule has 0 fully saturated rings. The Balaban J connectivity index is 1.34. The van der Waals surface area contributed by atoms with Crippen molar-refractivity contribution in [1.82, 2.24) is 15.2 Å². The molecule has 0 aliphatic carbocycles. The first-order valence-corrected chi connectivity index (χ1v) is 13.5. The number of thioether (sulfide) groups is 1. The van der Waals surface area contributed by atoms with Crippen molar-refractivity contribution >= 4 is 49.8 Å². The van der Waals surface area contributed by atoms with Gasteiger partial charge in [-0.25, -0.2) is 13.4 Å². The highest BCUT2D eigenvalue weighted by Gasteiger charge is 2.16. The second-order valence-electron chi connectivity index (χ2n) is 7.23. The fourth-order valence-electron chi connectivity index (χ4n) is 2.84. The van der Waals surface area contributed by atoms with E-state index in [2.05, 4.69) is 25.2 Å². The standard InChI is InChI=1S/C22H21N5O5S3/c1-13-14(2)34-21(23-13)24-19(28)12-33-22-26-25-20(32-22)15-4-6-16(7-5-15)27-35(29,30)18-10-8-17(31-3)9-11-18/h4-11,27H,12H2,1-3H3,(H,23,24,28). The summed E-state index contributed by atoms with van der Waals surface area (Å²) in [5.74, 6) is 0.683. The number of rotatable bonds is 9. The molecule has 2 aromatic carbocycles. The highest BCUT2D eigenvalue weighted by molar-refractivity contribution is 7.99. The minimum atomic E-state index is -3.75. The number of thiazole rings is 1. The molecule has 0 aliphatic heterocycles. The highest BCUT2D eigenvalue weighted by Crippen LogP contribution is 2.26. The molecular weight excluding hydrogens is 510 g/mol. The molecule has 2 aromatic heterocycles. The second kappa shape index (κ2) is 10.5. The summed E-state index contributed by atoms with van der Waals surface area (Å²) in [5.41, 5.74) is 1.87. The minimum absolute atomic E-state index is 0.0887. The number of carbonyl (C=O) groups excluding carboxylic acids is 1. The first kappa shape index (κ1) is 24.7. The van der Waals surface area contributed by atoms with E-state index < -0.39 is 10.0 Å². The molecule has 10 nitrogen and oxygen atoms in total. The minimum Gasteiger partial charge on any atom is -0.497 e. The van der Waals surface area contributed by atoms with Crippen LogP contribution in [-0.4, -0.2) is 42.4 Å². The Morgan fingerprint density at radius 3 is 2.43 bits per heavy atom. The van der Waals surface area contributed by atoms with Crippen molar-refractivity contribution in [2.75, 3.05) is 22.9 Å². The van der Waals surface area contributed by atoms with E-state index in [9.17, 15) is 13.2 Å². The summed E-state index contributed by atoms with van der Waals surface area (Å²) < 4.78 is 38.4. The van der Waals surface area contributed by atoms with Crippen LogP contribution >= 0.6 is 23.1 Å². The third-order valence-corrected chi connectivity index (χ3v) is 7.97. The number of ether oxygens (including phenoxy) is 1. The van der Waals surface area contributed by atoms with Gasteiger partial charge in [0, 0.05) is 16.1 Å². The Morgan fingerprint density at radius 1 is 1.09 bits per heavy atom. The number of nitrogens with zero attached hydrogens (tertiary/aromatic N) is 3. The van der Waals surface area contributed by atoms with E-state index in [0.717, 1.165) is 22.3 Å². The van der Waals surface area contributed by atoms with Crippen LogP contribution in [0.25, 0.3) is 11.5 Å². The molecule has 182 valence electrons. The Kier molecular flexibility index (Phi) is 7.38. The van der Waals surface area contributed by atoms with Gasteiger partial charge in [-0.1, -0.05) is 11.8 Å². The number of aromatic nitrogens is 3. The van der Waals surface area contributed by atoms with Gasteiger partial charge in [0.25, 0.3) is 15.2 Å². The first-order valence-electron chi connectivity index (χ1n) is 10.2. The lowest BCUT2D eigenvalue weighted by atomic mass is 10.2. The molecular formula is C22H21N5O5S3. The zero-order chi connectivity index (χ0) is 25.0. The monoisotopic (exact) mass is 531 g/mol. The van der Waals surface area contributed by atoms with E-state index in [4.69, 9.17) is 9.15 Å². The fourth-order valence-corrected chi connectivity index (χ4v) is 5.30.